The van der Waals surface area contributed by atoms with Crippen LogP contribution in [0.15, 0.2) is 4.99 Å². The van der Waals surface area contributed by atoms with Gasteiger partial charge >= 0.3 is 0 Å². The summed E-state index contributed by atoms with van der Waals surface area (Å²) in [6, 6.07) is 0. The average molecular weight is 410 g/mol. The van der Waals surface area contributed by atoms with Crippen LogP contribution in [-0.2, 0) is 11.3 Å². The van der Waals surface area contributed by atoms with E-state index in [-0.39, 0.29) is 24.0 Å². The fraction of sp³-hybridized carbons (Fsp3) is 0.692. The predicted molar refractivity (Wildman–Crippen MR) is 94.2 cm³/mol. The fourth-order valence-corrected chi connectivity index (χ4v) is 3.01. The van der Waals surface area contributed by atoms with Crippen molar-refractivity contribution in [1.82, 2.24) is 15.6 Å². The van der Waals surface area contributed by atoms with Crippen molar-refractivity contribution >= 4 is 41.3 Å². The summed E-state index contributed by atoms with van der Waals surface area (Å²) in [7, 11) is 1.79. The van der Waals surface area contributed by atoms with Gasteiger partial charge in [0.15, 0.2) is 5.96 Å². The Bertz CT molecular complexity index is 444. The lowest BCUT2D eigenvalue weighted by molar-refractivity contribution is 0.114. The molecule has 1 aliphatic heterocycles. The van der Waals surface area contributed by atoms with Gasteiger partial charge in [-0.3, -0.25) is 4.99 Å². The molecule has 1 aromatic rings. The Morgan fingerprint density at radius 2 is 2.25 bits per heavy atom. The van der Waals surface area contributed by atoms with Crippen LogP contribution in [-0.4, -0.2) is 37.2 Å². The molecule has 2 N–H and O–H groups in total. The van der Waals surface area contributed by atoms with E-state index in [4.69, 9.17) is 4.74 Å². The van der Waals surface area contributed by atoms with Crippen molar-refractivity contribution in [3.05, 3.63) is 15.6 Å². The number of aromatic nitrogens is 1. The summed E-state index contributed by atoms with van der Waals surface area (Å²) >= 11 is 1.73. The summed E-state index contributed by atoms with van der Waals surface area (Å²) in [5, 5.41) is 7.73. The topological polar surface area (TPSA) is 58.5 Å². The molecule has 0 amide bonds. The molecule has 0 saturated carbocycles. The second-order valence-corrected chi connectivity index (χ2v) is 5.97. The van der Waals surface area contributed by atoms with Gasteiger partial charge in [0.05, 0.1) is 23.4 Å². The van der Waals surface area contributed by atoms with Crippen LogP contribution in [0.1, 0.15) is 28.4 Å². The quantitative estimate of drug-likeness (QED) is 0.454. The molecule has 1 aliphatic rings. The van der Waals surface area contributed by atoms with E-state index in [1.165, 1.54) is 4.88 Å². The van der Waals surface area contributed by atoms with E-state index in [0.29, 0.717) is 6.10 Å². The third kappa shape index (κ3) is 5.17. The van der Waals surface area contributed by atoms with Crippen molar-refractivity contribution in [2.24, 2.45) is 4.99 Å². The first-order valence-corrected chi connectivity index (χ1v) is 7.49. The van der Waals surface area contributed by atoms with Crippen LogP contribution >= 0.6 is 35.3 Å². The first-order chi connectivity index (χ1) is 9.19. The lowest BCUT2D eigenvalue weighted by atomic mass is 10.2. The second-order valence-electron chi connectivity index (χ2n) is 4.68. The van der Waals surface area contributed by atoms with Crippen LogP contribution in [0.2, 0.25) is 0 Å². The molecule has 2 rings (SSSR count). The normalized spacial score (nSPS) is 18.8. The largest absolute Gasteiger partial charge is 0.376 e. The van der Waals surface area contributed by atoms with E-state index in [0.717, 1.165) is 49.2 Å². The van der Waals surface area contributed by atoms with Gasteiger partial charge in [0, 0.05) is 25.1 Å². The highest BCUT2D eigenvalue weighted by Gasteiger charge is 2.15. The Balaban J connectivity index is 0.00000200. The molecular weight excluding hydrogens is 387 g/mol. The number of hydrogen-bond donors (Lipinski definition) is 2. The molecule has 1 fully saturated rings. The van der Waals surface area contributed by atoms with E-state index in [9.17, 15) is 0 Å². The number of rotatable bonds is 4. The minimum Gasteiger partial charge on any atom is -0.376 e. The molecule has 2 heterocycles. The van der Waals surface area contributed by atoms with Gasteiger partial charge in [0.25, 0.3) is 0 Å². The van der Waals surface area contributed by atoms with Crippen LogP contribution in [0.3, 0.4) is 0 Å². The minimum absolute atomic E-state index is 0. The van der Waals surface area contributed by atoms with Crippen LogP contribution in [0.4, 0.5) is 0 Å². The Morgan fingerprint density at radius 1 is 1.45 bits per heavy atom. The van der Waals surface area contributed by atoms with Crippen LogP contribution in [0.5, 0.6) is 0 Å². The van der Waals surface area contributed by atoms with Gasteiger partial charge < -0.3 is 15.4 Å². The van der Waals surface area contributed by atoms with Crippen LogP contribution < -0.4 is 10.6 Å². The number of hydrogen-bond acceptors (Lipinski definition) is 4. The van der Waals surface area contributed by atoms with E-state index in [2.05, 4.69) is 20.6 Å². The predicted octanol–water partition coefficient (Wildman–Crippen LogP) is 2.22. The standard InChI is InChI=1S/C13H22N4OS.HI/c1-9-12(19-10(2)17-9)8-16-13(14-3)15-7-11-5-4-6-18-11;/h11H,4-8H2,1-3H3,(H2,14,15,16);1H. The van der Waals surface area contributed by atoms with Crippen molar-refractivity contribution in [1.29, 1.82) is 0 Å². The highest BCUT2D eigenvalue weighted by Crippen LogP contribution is 2.16. The lowest BCUT2D eigenvalue weighted by Gasteiger charge is -2.14. The zero-order chi connectivity index (χ0) is 13.7. The molecule has 0 aliphatic carbocycles. The maximum absolute atomic E-state index is 5.58. The monoisotopic (exact) mass is 410 g/mol. The Labute approximate surface area is 141 Å². The highest BCUT2D eigenvalue weighted by molar-refractivity contribution is 14.0. The Morgan fingerprint density at radius 3 is 2.80 bits per heavy atom. The summed E-state index contributed by atoms with van der Waals surface area (Å²) < 4.78 is 5.58. The maximum Gasteiger partial charge on any atom is 0.191 e. The van der Waals surface area contributed by atoms with E-state index < -0.39 is 0 Å². The number of nitrogens with one attached hydrogen (secondary N) is 2. The first-order valence-electron chi connectivity index (χ1n) is 6.68. The molecule has 0 bridgehead atoms. The molecule has 20 heavy (non-hydrogen) atoms. The number of guanidine groups is 1. The number of aliphatic imine (C=N–C) groups is 1. The molecule has 0 spiro atoms. The third-order valence-corrected chi connectivity index (χ3v) is 4.23. The molecular formula is C13H23IN4OS. The van der Waals surface area contributed by atoms with E-state index in [1.54, 1.807) is 18.4 Å². The summed E-state index contributed by atoms with van der Waals surface area (Å²) in [5.41, 5.74) is 1.10. The minimum atomic E-state index is 0. The summed E-state index contributed by atoms with van der Waals surface area (Å²) in [5.74, 6) is 0.820. The SMILES string of the molecule is CN=C(NCc1sc(C)nc1C)NCC1CCCO1.I. The Hall–Kier alpha value is -0.410. The highest BCUT2D eigenvalue weighted by atomic mass is 127. The molecule has 0 radical (unpaired) electrons. The van der Waals surface area contributed by atoms with E-state index >= 15 is 0 Å². The molecule has 1 unspecified atom stereocenters. The number of halogens is 1. The van der Waals surface area contributed by atoms with E-state index in [1.807, 2.05) is 13.8 Å². The number of ether oxygens (including phenoxy) is 1. The van der Waals surface area contributed by atoms with Crippen molar-refractivity contribution in [2.75, 3.05) is 20.2 Å². The Kier molecular flexibility index (Phi) is 7.75. The summed E-state index contributed by atoms with van der Waals surface area (Å²) in [4.78, 5) is 9.91. The zero-order valence-corrected chi connectivity index (χ0v) is 15.4. The molecule has 1 aromatic heterocycles. The second kappa shape index (κ2) is 8.78. The van der Waals surface area contributed by atoms with Gasteiger partial charge in [-0.1, -0.05) is 0 Å². The van der Waals surface area contributed by atoms with Gasteiger partial charge in [-0.2, -0.15) is 0 Å². The number of nitrogens with zero attached hydrogens (tertiary/aromatic N) is 2. The number of thiazole rings is 1. The van der Waals surface area contributed by atoms with Gasteiger partial charge in [-0.05, 0) is 26.7 Å². The zero-order valence-electron chi connectivity index (χ0n) is 12.2. The van der Waals surface area contributed by atoms with Crippen LogP contribution in [0, 0.1) is 13.8 Å². The van der Waals surface area contributed by atoms with Crippen molar-refractivity contribution in [2.45, 2.75) is 39.3 Å². The summed E-state index contributed by atoms with van der Waals surface area (Å²) in [6.07, 6.45) is 2.63. The maximum atomic E-state index is 5.58. The van der Waals surface area contributed by atoms with Crippen molar-refractivity contribution < 1.29 is 4.74 Å². The molecule has 1 atom stereocenters. The third-order valence-electron chi connectivity index (χ3n) is 3.16. The summed E-state index contributed by atoms with van der Waals surface area (Å²) in [6.45, 7) is 6.55. The van der Waals surface area contributed by atoms with Crippen molar-refractivity contribution in [3.63, 3.8) is 0 Å². The average Bonchev–Trinajstić information content (AvgIpc) is 3.00. The molecule has 7 heteroatoms. The molecule has 0 aromatic carbocycles. The number of aryl methyl sites for hydroxylation is 2. The molecule has 5 nitrogen and oxygen atoms in total. The molecule has 114 valence electrons. The van der Waals surface area contributed by atoms with Crippen LogP contribution in [0.25, 0.3) is 0 Å². The van der Waals surface area contributed by atoms with Gasteiger partial charge in [0.2, 0.25) is 0 Å². The molecule has 1 saturated heterocycles. The van der Waals surface area contributed by atoms with Crippen molar-refractivity contribution in [3.8, 4) is 0 Å². The first kappa shape index (κ1) is 17.6. The van der Waals surface area contributed by atoms with Gasteiger partial charge in [-0.15, -0.1) is 35.3 Å². The van der Waals surface area contributed by atoms with Gasteiger partial charge in [-0.25, -0.2) is 4.98 Å². The lowest BCUT2D eigenvalue weighted by Crippen LogP contribution is -2.40. The smallest absolute Gasteiger partial charge is 0.191 e. The van der Waals surface area contributed by atoms with Gasteiger partial charge in [0.1, 0.15) is 0 Å². The fourth-order valence-electron chi connectivity index (χ4n) is 2.14.